The van der Waals surface area contributed by atoms with Gasteiger partial charge >= 0.3 is 0 Å². The van der Waals surface area contributed by atoms with Crippen molar-refractivity contribution in [1.29, 1.82) is 5.26 Å². The molecule has 1 aromatic heterocycles. The SMILES string of the molecule is CCCCCc1ccc(C(=O)Nc2cccc3c(=O)cc(C#N)oc23)cc1. The second-order valence-electron chi connectivity index (χ2n) is 6.38. The highest BCUT2D eigenvalue weighted by Gasteiger charge is 2.12. The van der Waals surface area contributed by atoms with Gasteiger partial charge in [-0.15, -0.1) is 0 Å². The zero-order valence-corrected chi connectivity index (χ0v) is 15.1. The van der Waals surface area contributed by atoms with Gasteiger partial charge < -0.3 is 9.73 Å². The van der Waals surface area contributed by atoms with Crippen LogP contribution in [0.3, 0.4) is 0 Å². The second kappa shape index (κ2) is 8.33. The molecule has 0 bridgehead atoms. The third kappa shape index (κ3) is 4.24. The number of rotatable bonds is 6. The molecule has 3 rings (SSSR count). The van der Waals surface area contributed by atoms with Gasteiger partial charge in [0.15, 0.2) is 11.0 Å². The number of unbranched alkanes of at least 4 members (excludes halogenated alkanes) is 2. The Kier molecular flexibility index (Phi) is 5.68. The summed E-state index contributed by atoms with van der Waals surface area (Å²) < 4.78 is 5.46. The van der Waals surface area contributed by atoms with E-state index in [2.05, 4.69) is 12.2 Å². The number of carbonyl (C=O) groups excluding carboxylic acids is 1. The maximum absolute atomic E-state index is 12.6. The fourth-order valence-corrected chi connectivity index (χ4v) is 2.93. The lowest BCUT2D eigenvalue weighted by molar-refractivity contribution is 0.102. The molecule has 0 aliphatic carbocycles. The van der Waals surface area contributed by atoms with Gasteiger partial charge in [-0.2, -0.15) is 5.26 Å². The van der Waals surface area contributed by atoms with Gasteiger partial charge in [0.1, 0.15) is 6.07 Å². The van der Waals surface area contributed by atoms with Crippen LogP contribution >= 0.6 is 0 Å². The monoisotopic (exact) mass is 360 g/mol. The van der Waals surface area contributed by atoms with Crippen molar-refractivity contribution in [2.45, 2.75) is 32.6 Å². The van der Waals surface area contributed by atoms with Crippen LogP contribution in [0.15, 0.2) is 57.7 Å². The summed E-state index contributed by atoms with van der Waals surface area (Å²) in [5.41, 5.74) is 1.96. The molecule has 0 aliphatic heterocycles. The van der Waals surface area contributed by atoms with Crippen LogP contribution in [0.4, 0.5) is 5.69 Å². The lowest BCUT2D eigenvalue weighted by Crippen LogP contribution is -2.13. The number of para-hydroxylation sites is 1. The van der Waals surface area contributed by atoms with Crippen LogP contribution in [0.25, 0.3) is 11.0 Å². The van der Waals surface area contributed by atoms with Crippen molar-refractivity contribution < 1.29 is 9.21 Å². The number of nitrogens with one attached hydrogen (secondary N) is 1. The number of anilines is 1. The van der Waals surface area contributed by atoms with Crippen molar-refractivity contribution in [2.24, 2.45) is 0 Å². The predicted octanol–water partition coefficient (Wildman–Crippen LogP) is 4.65. The first-order chi connectivity index (χ1) is 13.1. The van der Waals surface area contributed by atoms with Crippen molar-refractivity contribution in [1.82, 2.24) is 0 Å². The molecule has 27 heavy (non-hydrogen) atoms. The average molecular weight is 360 g/mol. The Morgan fingerprint density at radius 1 is 1.15 bits per heavy atom. The lowest BCUT2D eigenvalue weighted by Gasteiger charge is -2.08. The summed E-state index contributed by atoms with van der Waals surface area (Å²) in [6.07, 6.45) is 4.51. The van der Waals surface area contributed by atoms with E-state index in [1.807, 2.05) is 18.2 Å². The Balaban J connectivity index is 1.83. The summed E-state index contributed by atoms with van der Waals surface area (Å²) in [6, 6.07) is 15.4. The van der Waals surface area contributed by atoms with Crippen molar-refractivity contribution in [3.05, 3.63) is 75.6 Å². The highest BCUT2D eigenvalue weighted by atomic mass is 16.3. The molecular formula is C22H20N2O3. The van der Waals surface area contributed by atoms with Gasteiger partial charge in [0.05, 0.1) is 11.1 Å². The highest BCUT2D eigenvalue weighted by Crippen LogP contribution is 2.23. The molecule has 1 heterocycles. The molecule has 0 atom stereocenters. The van der Waals surface area contributed by atoms with Crippen LogP contribution in [0.2, 0.25) is 0 Å². The fourth-order valence-electron chi connectivity index (χ4n) is 2.93. The number of nitriles is 1. The Morgan fingerprint density at radius 2 is 1.93 bits per heavy atom. The summed E-state index contributed by atoms with van der Waals surface area (Å²) >= 11 is 0. The Hall–Kier alpha value is -3.39. The molecule has 1 N–H and O–H groups in total. The zero-order valence-electron chi connectivity index (χ0n) is 15.1. The van der Waals surface area contributed by atoms with Crippen LogP contribution in [0, 0.1) is 11.3 Å². The second-order valence-corrected chi connectivity index (χ2v) is 6.38. The summed E-state index contributed by atoms with van der Waals surface area (Å²) in [5.74, 6) is -0.391. The number of hydrogen-bond donors (Lipinski definition) is 1. The number of carbonyl (C=O) groups is 1. The number of aryl methyl sites for hydroxylation is 1. The maximum atomic E-state index is 12.6. The average Bonchev–Trinajstić information content (AvgIpc) is 2.69. The number of amides is 1. The van der Waals surface area contributed by atoms with Crippen LogP contribution in [0.1, 0.15) is 47.9 Å². The van der Waals surface area contributed by atoms with Gasteiger partial charge in [0.25, 0.3) is 5.91 Å². The minimum Gasteiger partial charge on any atom is -0.443 e. The van der Waals surface area contributed by atoms with Gasteiger partial charge in [0.2, 0.25) is 5.76 Å². The van der Waals surface area contributed by atoms with E-state index in [1.54, 1.807) is 30.3 Å². The molecule has 0 radical (unpaired) electrons. The van der Waals surface area contributed by atoms with Crippen molar-refractivity contribution >= 4 is 22.6 Å². The highest BCUT2D eigenvalue weighted by molar-refractivity contribution is 6.07. The molecule has 0 saturated carbocycles. The summed E-state index contributed by atoms with van der Waals surface area (Å²) in [6.45, 7) is 2.17. The Labute approximate surface area is 157 Å². The summed E-state index contributed by atoms with van der Waals surface area (Å²) in [4.78, 5) is 24.7. The summed E-state index contributed by atoms with van der Waals surface area (Å²) in [5, 5.41) is 12.1. The van der Waals surface area contributed by atoms with E-state index < -0.39 is 0 Å². The molecule has 1 amide bonds. The first-order valence-corrected chi connectivity index (χ1v) is 8.99. The lowest BCUT2D eigenvalue weighted by atomic mass is 10.0. The van der Waals surface area contributed by atoms with E-state index in [1.165, 1.54) is 18.4 Å². The molecule has 136 valence electrons. The van der Waals surface area contributed by atoms with Crippen molar-refractivity contribution in [3.63, 3.8) is 0 Å². The van der Waals surface area contributed by atoms with E-state index in [0.717, 1.165) is 18.9 Å². The van der Waals surface area contributed by atoms with E-state index in [-0.39, 0.29) is 22.7 Å². The molecule has 5 nitrogen and oxygen atoms in total. The van der Waals surface area contributed by atoms with Gasteiger partial charge in [-0.25, -0.2) is 0 Å². The quantitative estimate of drug-likeness (QED) is 0.649. The van der Waals surface area contributed by atoms with E-state index in [4.69, 9.17) is 9.68 Å². The van der Waals surface area contributed by atoms with E-state index in [9.17, 15) is 9.59 Å². The van der Waals surface area contributed by atoms with Gasteiger partial charge in [-0.1, -0.05) is 38.0 Å². The van der Waals surface area contributed by atoms with Gasteiger partial charge in [-0.3, -0.25) is 9.59 Å². The van der Waals surface area contributed by atoms with Crippen LogP contribution in [0.5, 0.6) is 0 Å². The molecule has 3 aromatic rings. The molecule has 5 heteroatoms. The smallest absolute Gasteiger partial charge is 0.255 e. The Morgan fingerprint density at radius 3 is 2.63 bits per heavy atom. The molecule has 2 aromatic carbocycles. The predicted molar refractivity (Wildman–Crippen MR) is 105 cm³/mol. The fraction of sp³-hybridized carbons (Fsp3) is 0.227. The normalized spacial score (nSPS) is 10.5. The van der Waals surface area contributed by atoms with Crippen LogP contribution in [-0.2, 0) is 6.42 Å². The van der Waals surface area contributed by atoms with Crippen molar-refractivity contribution in [3.8, 4) is 6.07 Å². The van der Waals surface area contributed by atoms with E-state index >= 15 is 0 Å². The third-order valence-corrected chi connectivity index (χ3v) is 4.40. The number of hydrogen-bond acceptors (Lipinski definition) is 4. The minimum atomic E-state index is -0.319. The number of fused-ring (bicyclic) bond motifs is 1. The zero-order chi connectivity index (χ0) is 19.2. The van der Waals surface area contributed by atoms with Gasteiger partial charge in [-0.05, 0) is 42.7 Å². The van der Waals surface area contributed by atoms with Crippen LogP contribution < -0.4 is 10.7 Å². The molecule has 0 fully saturated rings. The first kappa shape index (κ1) is 18.4. The standard InChI is InChI=1S/C22H20N2O3/c1-2-3-4-6-15-9-11-16(12-10-15)22(26)24-19-8-5-7-18-20(25)13-17(14-23)27-21(18)19/h5,7-13H,2-4,6H2,1H3,(H,24,26). The molecule has 0 spiro atoms. The number of benzene rings is 2. The van der Waals surface area contributed by atoms with Gasteiger partial charge in [0, 0.05) is 11.6 Å². The minimum absolute atomic E-state index is 0.0920. The Bertz CT molecular complexity index is 1060. The number of nitrogens with zero attached hydrogens (tertiary/aromatic N) is 1. The largest absolute Gasteiger partial charge is 0.443 e. The summed E-state index contributed by atoms with van der Waals surface area (Å²) in [7, 11) is 0. The maximum Gasteiger partial charge on any atom is 0.255 e. The third-order valence-electron chi connectivity index (χ3n) is 4.40. The molecule has 0 saturated heterocycles. The molecular weight excluding hydrogens is 340 g/mol. The molecule has 0 aliphatic rings. The molecule has 0 unspecified atom stereocenters. The van der Waals surface area contributed by atoms with E-state index in [0.29, 0.717) is 16.6 Å². The first-order valence-electron chi connectivity index (χ1n) is 8.99. The van der Waals surface area contributed by atoms with Crippen molar-refractivity contribution in [2.75, 3.05) is 5.32 Å². The van der Waals surface area contributed by atoms with Crippen LogP contribution in [-0.4, -0.2) is 5.91 Å². The topological polar surface area (TPSA) is 83.1 Å².